The lowest BCUT2D eigenvalue weighted by Crippen LogP contribution is -2.37. The summed E-state index contributed by atoms with van der Waals surface area (Å²) in [4.78, 5) is 2.63. The standard InChI is InChI=1S/C16H26N2S/c1-3-16-13-18(10-11-19-16)12-15-7-5-4-6-14(15)8-9-17-2/h4-7,16-17H,3,8-13H2,1-2H3. The van der Waals surface area contributed by atoms with Crippen LogP contribution in [0.5, 0.6) is 0 Å². The Balaban J connectivity index is 1.97. The second-order valence-corrected chi connectivity index (χ2v) is 6.67. The van der Waals surface area contributed by atoms with Crippen molar-refractivity contribution in [2.24, 2.45) is 0 Å². The zero-order valence-corrected chi connectivity index (χ0v) is 13.0. The van der Waals surface area contributed by atoms with Crippen molar-refractivity contribution in [1.29, 1.82) is 0 Å². The summed E-state index contributed by atoms with van der Waals surface area (Å²) in [5, 5.41) is 4.08. The van der Waals surface area contributed by atoms with E-state index in [4.69, 9.17) is 0 Å². The quantitative estimate of drug-likeness (QED) is 0.861. The number of likely N-dealkylation sites (N-methyl/N-ethyl adjacent to an activating group) is 1. The van der Waals surface area contributed by atoms with Crippen molar-refractivity contribution in [2.45, 2.75) is 31.6 Å². The van der Waals surface area contributed by atoms with Crippen molar-refractivity contribution < 1.29 is 0 Å². The van der Waals surface area contributed by atoms with Crippen LogP contribution in [0.2, 0.25) is 0 Å². The van der Waals surface area contributed by atoms with E-state index in [1.54, 1.807) is 0 Å². The number of nitrogens with zero attached hydrogens (tertiary/aromatic N) is 1. The Morgan fingerprint density at radius 3 is 2.84 bits per heavy atom. The number of nitrogens with one attached hydrogen (secondary N) is 1. The number of hydrogen-bond donors (Lipinski definition) is 1. The van der Waals surface area contributed by atoms with Gasteiger partial charge in [-0.3, -0.25) is 4.90 Å². The van der Waals surface area contributed by atoms with E-state index >= 15 is 0 Å². The van der Waals surface area contributed by atoms with Gasteiger partial charge in [0.2, 0.25) is 0 Å². The van der Waals surface area contributed by atoms with Crippen molar-refractivity contribution in [3.05, 3.63) is 35.4 Å². The fraction of sp³-hybridized carbons (Fsp3) is 0.625. The Bertz CT molecular complexity index is 381. The predicted octanol–water partition coefficient (Wildman–Crippen LogP) is 2.78. The highest BCUT2D eigenvalue weighted by Crippen LogP contribution is 2.23. The van der Waals surface area contributed by atoms with E-state index in [2.05, 4.69) is 53.2 Å². The van der Waals surface area contributed by atoms with Gasteiger partial charge in [0.15, 0.2) is 0 Å². The average Bonchev–Trinajstić information content (AvgIpc) is 2.46. The van der Waals surface area contributed by atoms with E-state index in [0.29, 0.717) is 0 Å². The molecular formula is C16H26N2S. The second kappa shape index (κ2) is 7.93. The zero-order valence-electron chi connectivity index (χ0n) is 12.2. The molecule has 1 saturated heterocycles. The SMILES string of the molecule is CCC1CN(Cc2ccccc2CCNC)CCS1. The molecule has 1 unspecified atom stereocenters. The summed E-state index contributed by atoms with van der Waals surface area (Å²) in [5.41, 5.74) is 3.02. The van der Waals surface area contributed by atoms with Crippen LogP contribution in [0.1, 0.15) is 24.5 Å². The van der Waals surface area contributed by atoms with Gasteiger partial charge < -0.3 is 5.32 Å². The van der Waals surface area contributed by atoms with Crippen LogP contribution in [0.4, 0.5) is 0 Å². The molecular weight excluding hydrogens is 252 g/mol. The molecule has 3 heteroatoms. The largest absolute Gasteiger partial charge is 0.319 e. The van der Waals surface area contributed by atoms with Crippen LogP contribution in [0.25, 0.3) is 0 Å². The van der Waals surface area contributed by atoms with Crippen LogP contribution >= 0.6 is 11.8 Å². The minimum absolute atomic E-state index is 0.832. The van der Waals surface area contributed by atoms with Crippen molar-refractivity contribution in [3.8, 4) is 0 Å². The maximum absolute atomic E-state index is 3.25. The van der Waals surface area contributed by atoms with E-state index in [1.807, 2.05) is 7.05 Å². The fourth-order valence-corrected chi connectivity index (χ4v) is 3.88. The van der Waals surface area contributed by atoms with Crippen LogP contribution in [-0.4, -0.2) is 42.6 Å². The highest BCUT2D eigenvalue weighted by atomic mass is 32.2. The van der Waals surface area contributed by atoms with Gasteiger partial charge in [-0.1, -0.05) is 31.2 Å². The third-order valence-electron chi connectivity index (χ3n) is 3.83. The van der Waals surface area contributed by atoms with Gasteiger partial charge in [0.25, 0.3) is 0 Å². The molecule has 1 fully saturated rings. The summed E-state index contributed by atoms with van der Waals surface area (Å²) in [6.45, 7) is 6.98. The van der Waals surface area contributed by atoms with E-state index in [-0.39, 0.29) is 0 Å². The minimum atomic E-state index is 0.832. The molecule has 0 bridgehead atoms. The minimum Gasteiger partial charge on any atom is -0.319 e. The topological polar surface area (TPSA) is 15.3 Å². The van der Waals surface area contributed by atoms with Gasteiger partial charge in [-0.25, -0.2) is 0 Å². The number of benzene rings is 1. The van der Waals surface area contributed by atoms with Gasteiger partial charge in [0, 0.05) is 30.6 Å². The summed E-state index contributed by atoms with van der Waals surface area (Å²) < 4.78 is 0. The first kappa shape index (κ1) is 14.9. The molecule has 2 nitrogen and oxygen atoms in total. The lowest BCUT2D eigenvalue weighted by molar-refractivity contribution is 0.272. The summed E-state index contributed by atoms with van der Waals surface area (Å²) in [5.74, 6) is 1.29. The molecule has 0 amide bonds. The zero-order chi connectivity index (χ0) is 13.5. The van der Waals surface area contributed by atoms with E-state index in [9.17, 15) is 0 Å². The molecule has 106 valence electrons. The lowest BCUT2D eigenvalue weighted by Gasteiger charge is -2.32. The molecule has 0 spiro atoms. The predicted molar refractivity (Wildman–Crippen MR) is 85.9 cm³/mol. The van der Waals surface area contributed by atoms with Crippen molar-refractivity contribution in [3.63, 3.8) is 0 Å². The molecule has 0 radical (unpaired) electrons. The Labute approximate surface area is 122 Å². The van der Waals surface area contributed by atoms with Crippen molar-refractivity contribution in [2.75, 3.05) is 32.4 Å². The Hall–Kier alpha value is -0.510. The first-order valence-corrected chi connectivity index (χ1v) is 8.43. The molecule has 0 aliphatic carbocycles. The first-order valence-electron chi connectivity index (χ1n) is 7.38. The monoisotopic (exact) mass is 278 g/mol. The van der Waals surface area contributed by atoms with Crippen LogP contribution in [0.3, 0.4) is 0 Å². The van der Waals surface area contributed by atoms with Crippen LogP contribution < -0.4 is 5.32 Å². The second-order valence-electron chi connectivity index (χ2n) is 5.26. The van der Waals surface area contributed by atoms with Gasteiger partial charge in [0.05, 0.1) is 0 Å². The molecule has 1 atom stereocenters. The first-order chi connectivity index (χ1) is 9.33. The maximum atomic E-state index is 3.25. The molecule has 1 aliphatic rings. The third-order valence-corrected chi connectivity index (χ3v) is 5.21. The lowest BCUT2D eigenvalue weighted by atomic mass is 10.0. The highest BCUT2D eigenvalue weighted by Gasteiger charge is 2.19. The Kier molecular flexibility index (Phi) is 6.21. The number of rotatable bonds is 6. The van der Waals surface area contributed by atoms with Crippen LogP contribution in [0.15, 0.2) is 24.3 Å². The van der Waals surface area contributed by atoms with E-state index in [1.165, 1.54) is 36.4 Å². The molecule has 2 rings (SSSR count). The fourth-order valence-electron chi connectivity index (χ4n) is 2.63. The van der Waals surface area contributed by atoms with Crippen LogP contribution in [0, 0.1) is 0 Å². The van der Waals surface area contributed by atoms with E-state index < -0.39 is 0 Å². The molecule has 1 aromatic carbocycles. The highest BCUT2D eigenvalue weighted by molar-refractivity contribution is 8.00. The summed E-state index contributed by atoms with van der Waals surface area (Å²) >= 11 is 2.14. The van der Waals surface area contributed by atoms with Gasteiger partial charge in [-0.05, 0) is 37.6 Å². The summed E-state index contributed by atoms with van der Waals surface area (Å²) in [6.07, 6.45) is 2.43. The molecule has 1 heterocycles. The Morgan fingerprint density at radius 2 is 2.11 bits per heavy atom. The smallest absolute Gasteiger partial charge is 0.0237 e. The van der Waals surface area contributed by atoms with Crippen molar-refractivity contribution in [1.82, 2.24) is 10.2 Å². The van der Waals surface area contributed by atoms with Gasteiger partial charge in [0.1, 0.15) is 0 Å². The maximum Gasteiger partial charge on any atom is 0.0237 e. The average molecular weight is 278 g/mol. The molecule has 1 aliphatic heterocycles. The Morgan fingerprint density at radius 1 is 1.32 bits per heavy atom. The summed E-state index contributed by atoms with van der Waals surface area (Å²) in [7, 11) is 2.02. The van der Waals surface area contributed by atoms with Crippen LogP contribution in [-0.2, 0) is 13.0 Å². The molecule has 0 saturated carbocycles. The normalized spacial score (nSPS) is 20.6. The third kappa shape index (κ3) is 4.51. The number of hydrogen-bond acceptors (Lipinski definition) is 3. The van der Waals surface area contributed by atoms with Gasteiger partial charge >= 0.3 is 0 Å². The van der Waals surface area contributed by atoms with Gasteiger partial charge in [-0.2, -0.15) is 11.8 Å². The molecule has 1 aromatic rings. The molecule has 19 heavy (non-hydrogen) atoms. The summed E-state index contributed by atoms with van der Waals surface area (Å²) in [6, 6.07) is 8.92. The van der Waals surface area contributed by atoms with E-state index in [0.717, 1.165) is 24.8 Å². The molecule has 0 aromatic heterocycles. The van der Waals surface area contributed by atoms with Crippen molar-refractivity contribution >= 4 is 11.8 Å². The van der Waals surface area contributed by atoms with Gasteiger partial charge in [-0.15, -0.1) is 0 Å². The number of thioether (sulfide) groups is 1. The molecule has 1 N–H and O–H groups in total.